The fraction of sp³-hybridized carbons (Fsp3) is 0.733. The van der Waals surface area contributed by atoms with Gasteiger partial charge < -0.3 is 14.4 Å². The molecule has 1 fully saturated rings. The number of thioether (sulfide) groups is 1. The molecule has 1 aliphatic heterocycles. The molecule has 2 atom stereocenters. The van der Waals surface area contributed by atoms with Crippen molar-refractivity contribution in [1.29, 1.82) is 0 Å². The number of anilines is 1. The van der Waals surface area contributed by atoms with Gasteiger partial charge in [-0.3, -0.25) is 4.57 Å². The molecular weight excluding hydrogens is 302 g/mol. The molecule has 0 N–H and O–H groups in total. The maximum atomic E-state index is 12.3. The van der Waals surface area contributed by atoms with Crippen molar-refractivity contribution in [3.63, 3.8) is 0 Å². The first-order valence-corrected chi connectivity index (χ1v) is 8.82. The minimum atomic E-state index is -0.265. The van der Waals surface area contributed by atoms with Gasteiger partial charge >= 0.3 is 5.69 Å². The van der Waals surface area contributed by atoms with Crippen molar-refractivity contribution in [2.45, 2.75) is 45.4 Å². The van der Waals surface area contributed by atoms with Crippen LogP contribution in [0.4, 0.5) is 5.82 Å². The molecule has 2 rings (SSSR count). The van der Waals surface area contributed by atoms with E-state index in [0.717, 1.165) is 18.1 Å². The molecule has 7 heteroatoms. The highest BCUT2D eigenvalue weighted by Crippen LogP contribution is 2.31. The summed E-state index contributed by atoms with van der Waals surface area (Å²) in [5.74, 6) is 1.45. The van der Waals surface area contributed by atoms with Gasteiger partial charge in [-0.05, 0) is 33.8 Å². The summed E-state index contributed by atoms with van der Waals surface area (Å²) in [5, 5.41) is 0. The maximum Gasteiger partial charge on any atom is 0.351 e. The lowest BCUT2D eigenvalue weighted by molar-refractivity contribution is -0.0226. The lowest BCUT2D eigenvalue weighted by Crippen LogP contribution is -2.35. The molecule has 1 saturated heterocycles. The summed E-state index contributed by atoms with van der Waals surface area (Å²) in [7, 11) is 0. The highest BCUT2D eigenvalue weighted by atomic mass is 32.2. The monoisotopic (exact) mass is 327 g/mol. The molecule has 0 bridgehead atoms. The molecule has 0 radical (unpaired) electrons. The third-order valence-electron chi connectivity index (χ3n) is 3.58. The Kier molecular flexibility index (Phi) is 6.28. The van der Waals surface area contributed by atoms with E-state index in [1.54, 1.807) is 22.5 Å². The average Bonchev–Trinajstić information content (AvgIpc) is 2.94. The van der Waals surface area contributed by atoms with Crippen LogP contribution in [-0.4, -0.2) is 46.5 Å². The zero-order valence-corrected chi connectivity index (χ0v) is 14.5. The quantitative estimate of drug-likeness (QED) is 0.764. The highest BCUT2D eigenvalue weighted by molar-refractivity contribution is 8.00. The predicted octanol–water partition coefficient (Wildman–Crippen LogP) is 2.10. The van der Waals surface area contributed by atoms with E-state index in [1.165, 1.54) is 0 Å². The zero-order chi connectivity index (χ0) is 16.1. The third kappa shape index (κ3) is 4.02. The Morgan fingerprint density at radius 1 is 1.55 bits per heavy atom. The first-order chi connectivity index (χ1) is 10.6. The van der Waals surface area contributed by atoms with Crippen molar-refractivity contribution in [1.82, 2.24) is 9.55 Å². The van der Waals surface area contributed by atoms with Gasteiger partial charge in [0.1, 0.15) is 17.5 Å². The molecule has 124 valence electrons. The Balaban J connectivity index is 2.09. The van der Waals surface area contributed by atoms with Crippen molar-refractivity contribution in [3.05, 3.63) is 22.7 Å². The summed E-state index contributed by atoms with van der Waals surface area (Å²) in [4.78, 5) is 18.6. The Bertz CT molecular complexity index is 535. The predicted molar refractivity (Wildman–Crippen MR) is 89.5 cm³/mol. The number of aromatic nitrogens is 2. The van der Waals surface area contributed by atoms with E-state index in [1.807, 2.05) is 13.0 Å². The van der Waals surface area contributed by atoms with Gasteiger partial charge in [-0.1, -0.05) is 0 Å². The van der Waals surface area contributed by atoms with E-state index in [2.05, 4.69) is 30.7 Å². The summed E-state index contributed by atoms with van der Waals surface area (Å²) in [6.07, 6.45) is 1.52. The molecule has 1 aliphatic rings. The first kappa shape index (κ1) is 17.3. The Morgan fingerprint density at radius 2 is 2.32 bits per heavy atom. The number of rotatable bonds is 7. The van der Waals surface area contributed by atoms with Crippen molar-refractivity contribution < 1.29 is 9.47 Å². The van der Waals surface area contributed by atoms with Crippen molar-refractivity contribution in [2.75, 3.05) is 30.4 Å². The molecular formula is C15H25N3O3S. The van der Waals surface area contributed by atoms with Crippen LogP contribution in [-0.2, 0) is 9.47 Å². The van der Waals surface area contributed by atoms with Gasteiger partial charge in [0.05, 0.1) is 6.61 Å². The minimum Gasteiger partial charge on any atom is -0.378 e. The van der Waals surface area contributed by atoms with Crippen LogP contribution >= 0.6 is 11.8 Å². The lowest BCUT2D eigenvalue weighted by Gasteiger charge is -2.26. The molecule has 2 heterocycles. The zero-order valence-electron chi connectivity index (χ0n) is 13.7. The fourth-order valence-electron chi connectivity index (χ4n) is 2.47. The van der Waals surface area contributed by atoms with E-state index < -0.39 is 0 Å². The molecule has 1 aromatic rings. The molecule has 22 heavy (non-hydrogen) atoms. The van der Waals surface area contributed by atoms with Gasteiger partial charge in [0.2, 0.25) is 0 Å². The molecule has 0 aromatic carbocycles. The van der Waals surface area contributed by atoms with Crippen LogP contribution in [0.25, 0.3) is 0 Å². The largest absolute Gasteiger partial charge is 0.378 e. The van der Waals surface area contributed by atoms with E-state index in [-0.39, 0.29) is 17.4 Å². The normalized spacial score (nSPS) is 21.5. The van der Waals surface area contributed by atoms with E-state index in [0.29, 0.717) is 19.3 Å². The van der Waals surface area contributed by atoms with Gasteiger partial charge in [-0.25, -0.2) is 4.79 Å². The Hall–Kier alpha value is -1.05. The number of nitrogens with zero attached hydrogens (tertiary/aromatic N) is 3. The maximum absolute atomic E-state index is 12.3. The third-order valence-corrected chi connectivity index (χ3v) is 4.67. The van der Waals surface area contributed by atoms with Gasteiger partial charge in [-0.15, -0.1) is 11.8 Å². The fourth-order valence-corrected chi connectivity index (χ4v) is 3.48. The average molecular weight is 327 g/mol. The first-order valence-electron chi connectivity index (χ1n) is 7.77. The molecule has 0 spiro atoms. The Labute approximate surface area is 135 Å². The van der Waals surface area contributed by atoms with Crippen molar-refractivity contribution in [2.24, 2.45) is 0 Å². The number of ether oxygens (including phenoxy) is 2. The Morgan fingerprint density at radius 3 is 2.91 bits per heavy atom. The summed E-state index contributed by atoms with van der Waals surface area (Å²) in [6.45, 7) is 10.2. The molecule has 0 saturated carbocycles. The van der Waals surface area contributed by atoms with Gasteiger partial charge in [0.15, 0.2) is 0 Å². The second-order valence-corrected chi connectivity index (χ2v) is 6.56. The van der Waals surface area contributed by atoms with Crippen LogP contribution in [0.15, 0.2) is 17.1 Å². The van der Waals surface area contributed by atoms with Gasteiger partial charge in [-0.2, -0.15) is 4.98 Å². The highest BCUT2D eigenvalue weighted by Gasteiger charge is 2.28. The van der Waals surface area contributed by atoms with Gasteiger partial charge in [0, 0.05) is 31.1 Å². The van der Waals surface area contributed by atoms with Gasteiger partial charge in [0.25, 0.3) is 0 Å². The summed E-state index contributed by atoms with van der Waals surface area (Å²) in [6, 6.07) is 2.19. The van der Waals surface area contributed by atoms with Crippen LogP contribution < -0.4 is 10.6 Å². The van der Waals surface area contributed by atoms with Crippen molar-refractivity contribution in [3.8, 4) is 0 Å². The molecule has 0 aliphatic carbocycles. The standard InChI is InChI=1S/C15H25N3O3S/c1-5-17(11(3)4)12-7-8-18(15(19)16-12)13-10-22-14(21-13)9-20-6-2/h7-8,11,13-14H,5-6,9-10H2,1-4H3/t13-,14+/m1/s1. The minimum absolute atomic E-state index is 0.0145. The molecule has 1 aromatic heterocycles. The van der Waals surface area contributed by atoms with Crippen LogP contribution in [0.5, 0.6) is 0 Å². The van der Waals surface area contributed by atoms with E-state index in [4.69, 9.17) is 9.47 Å². The molecule has 6 nitrogen and oxygen atoms in total. The molecule has 0 unspecified atom stereocenters. The SMILES string of the molecule is CCOC[C@H]1O[C@@H](n2ccc(N(CC)C(C)C)nc2=O)CS1. The van der Waals surface area contributed by atoms with Crippen LogP contribution in [0.1, 0.15) is 33.9 Å². The topological polar surface area (TPSA) is 56.6 Å². The van der Waals surface area contributed by atoms with E-state index in [9.17, 15) is 4.79 Å². The second kappa shape index (κ2) is 7.99. The van der Waals surface area contributed by atoms with Crippen LogP contribution in [0.2, 0.25) is 0 Å². The molecule has 0 amide bonds. The smallest absolute Gasteiger partial charge is 0.351 e. The lowest BCUT2D eigenvalue weighted by atomic mass is 10.3. The van der Waals surface area contributed by atoms with Crippen molar-refractivity contribution >= 4 is 17.6 Å². The summed E-state index contributed by atoms with van der Waals surface area (Å²) in [5.41, 5.74) is -0.279. The number of hydrogen-bond donors (Lipinski definition) is 0. The van der Waals surface area contributed by atoms with Crippen LogP contribution in [0, 0.1) is 0 Å². The summed E-state index contributed by atoms with van der Waals surface area (Å²) < 4.78 is 12.8. The number of hydrogen-bond acceptors (Lipinski definition) is 6. The summed E-state index contributed by atoms with van der Waals surface area (Å²) >= 11 is 1.67. The second-order valence-electron chi connectivity index (χ2n) is 5.37. The van der Waals surface area contributed by atoms with E-state index >= 15 is 0 Å². The van der Waals surface area contributed by atoms with Crippen LogP contribution in [0.3, 0.4) is 0 Å².